The van der Waals surface area contributed by atoms with Gasteiger partial charge in [0.1, 0.15) is 5.75 Å². The Balaban J connectivity index is 2.19. The minimum atomic E-state index is 1.08. The number of fused-ring (bicyclic) bond motifs is 5. The number of rotatable bonds is 1. The van der Waals surface area contributed by atoms with Gasteiger partial charge in [-0.1, -0.05) is 6.07 Å². The van der Waals surface area contributed by atoms with E-state index in [-0.39, 0.29) is 0 Å². The molecule has 1 heterocycles. The second-order valence-electron chi connectivity index (χ2n) is 5.24. The molecule has 0 fully saturated rings. The zero-order valence-electron chi connectivity index (χ0n) is 11.0. The summed E-state index contributed by atoms with van der Waals surface area (Å²) in [4.78, 5) is 0. The number of hydrogen-bond donors (Lipinski definition) is 0. The molecule has 0 atom stereocenters. The van der Waals surface area contributed by atoms with E-state index in [9.17, 15) is 0 Å². The first kappa shape index (κ1) is 11.3. The Labute approximate surface area is 116 Å². The molecule has 0 radical (unpaired) electrons. The van der Waals surface area contributed by atoms with Crippen molar-refractivity contribution < 1.29 is 4.74 Å². The smallest absolute Gasteiger partial charge is 0.122 e. The quantitative estimate of drug-likeness (QED) is 0.607. The van der Waals surface area contributed by atoms with Crippen LogP contribution in [0.25, 0.3) is 20.9 Å². The topological polar surface area (TPSA) is 9.23 Å². The number of methoxy groups -OCH3 is 1. The van der Waals surface area contributed by atoms with Crippen molar-refractivity contribution in [2.75, 3.05) is 7.11 Å². The van der Waals surface area contributed by atoms with Crippen molar-refractivity contribution in [1.29, 1.82) is 0 Å². The van der Waals surface area contributed by atoms with Crippen LogP contribution in [0, 0.1) is 0 Å². The van der Waals surface area contributed by atoms with E-state index in [4.69, 9.17) is 4.74 Å². The second-order valence-corrected chi connectivity index (χ2v) is 6.19. The monoisotopic (exact) mass is 268 g/mol. The molecule has 3 aromatic rings. The van der Waals surface area contributed by atoms with Crippen LogP contribution in [0.3, 0.4) is 0 Å². The van der Waals surface area contributed by atoms with Gasteiger partial charge in [0.2, 0.25) is 0 Å². The Morgan fingerprint density at radius 1 is 1.05 bits per heavy atom. The van der Waals surface area contributed by atoms with Crippen molar-refractivity contribution in [3.63, 3.8) is 0 Å². The molecule has 0 spiro atoms. The Kier molecular flexibility index (Phi) is 2.52. The molecule has 0 unspecified atom stereocenters. The maximum absolute atomic E-state index is 5.62. The number of thiophene rings is 1. The van der Waals surface area contributed by atoms with E-state index < -0.39 is 0 Å². The molecule has 2 heteroatoms. The molecular formula is C17H16OS. The highest BCUT2D eigenvalue weighted by Crippen LogP contribution is 2.40. The summed E-state index contributed by atoms with van der Waals surface area (Å²) >= 11 is 1.83. The third-order valence-electron chi connectivity index (χ3n) is 4.24. The molecule has 1 aromatic heterocycles. The van der Waals surface area contributed by atoms with Crippen molar-refractivity contribution in [3.05, 3.63) is 40.8 Å². The first-order valence-corrected chi connectivity index (χ1v) is 7.75. The van der Waals surface area contributed by atoms with Gasteiger partial charge in [0.15, 0.2) is 0 Å². The molecule has 2 aromatic carbocycles. The zero-order valence-corrected chi connectivity index (χ0v) is 11.8. The van der Waals surface area contributed by atoms with E-state index in [1.165, 1.54) is 51.2 Å². The second kappa shape index (κ2) is 4.24. The summed E-state index contributed by atoms with van der Waals surface area (Å²) in [6.45, 7) is 0. The van der Waals surface area contributed by atoms with Gasteiger partial charge in [-0.3, -0.25) is 0 Å². The predicted molar refractivity (Wildman–Crippen MR) is 82.5 cm³/mol. The van der Waals surface area contributed by atoms with Gasteiger partial charge in [0, 0.05) is 10.1 Å². The van der Waals surface area contributed by atoms with Gasteiger partial charge in [-0.2, -0.15) is 0 Å². The van der Waals surface area contributed by atoms with E-state index in [1.54, 1.807) is 7.11 Å². The summed E-state index contributed by atoms with van der Waals surface area (Å²) in [6, 6.07) is 8.96. The molecule has 0 amide bonds. The number of benzene rings is 2. The normalized spacial score (nSPS) is 14.8. The molecule has 0 bridgehead atoms. The molecule has 1 aliphatic rings. The summed E-state index contributed by atoms with van der Waals surface area (Å²) in [5.41, 5.74) is 2.98. The van der Waals surface area contributed by atoms with Crippen LogP contribution in [0.2, 0.25) is 0 Å². The van der Waals surface area contributed by atoms with Gasteiger partial charge in [-0.15, -0.1) is 11.3 Å². The van der Waals surface area contributed by atoms with Crippen LogP contribution in [-0.2, 0) is 12.8 Å². The zero-order chi connectivity index (χ0) is 12.8. The first-order chi connectivity index (χ1) is 9.38. The molecule has 1 nitrogen and oxygen atoms in total. The maximum atomic E-state index is 5.62. The Hall–Kier alpha value is -1.54. The summed E-state index contributed by atoms with van der Waals surface area (Å²) in [7, 11) is 1.79. The van der Waals surface area contributed by atoms with Crippen molar-refractivity contribution in [2.24, 2.45) is 0 Å². The van der Waals surface area contributed by atoms with Gasteiger partial charge in [0.05, 0.1) is 7.11 Å². The van der Waals surface area contributed by atoms with Gasteiger partial charge >= 0.3 is 0 Å². The highest BCUT2D eigenvalue weighted by molar-refractivity contribution is 7.17. The van der Waals surface area contributed by atoms with Crippen molar-refractivity contribution in [1.82, 2.24) is 0 Å². The molecule has 0 N–H and O–H groups in total. The third-order valence-corrected chi connectivity index (χ3v) is 5.12. The fraction of sp³-hybridized carbons (Fsp3) is 0.294. The third kappa shape index (κ3) is 1.59. The minimum absolute atomic E-state index is 1.08. The Morgan fingerprint density at radius 3 is 2.74 bits per heavy atom. The lowest BCUT2D eigenvalue weighted by molar-refractivity contribution is 0.407. The Bertz CT molecular complexity index is 770. The number of hydrogen-bond acceptors (Lipinski definition) is 2. The summed E-state index contributed by atoms with van der Waals surface area (Å²) < 4.78 is 7.01. The fourth-order valence-electron chi connectivity index (χ4n) is 3.38. The van der Waals surface area contributed by atoms with Crippen LogP contribution < -0.4 is 4.74 Å². The van der Waals surface area contributed by atoms with E-state index in [0.717, 1.165) is 12.2 Å². The van der Waals surface area contributed by atoms with Crippen LogP contribution in [0.15, 0.2) is 29.6 Å². The summed E-state index contributed by atoms with van der Waals surface area (Å²) in [6.07, 6.45) is 4.94. The SMILES string of the molecule is COc1cc2ccc3sccc3c2c2c1CCCC2. The van der Waals surface area contributed by atoms with Crippen LogP contribution >= 0.6 is 11.3 Å². The maximum Gasteiger partial charge on any atom is 0.122 e. The number of aryl methyl sites for hydroxylation is 1. The predicted octanol–water partition coefficient (Wildman–Crippen LogP) is 4.94. The molecule has 4 rings (SSSR count). The fourth-order valence-corrected chi connectivity index (χ4v) is 4.18. The average Bonchev–Trinajstić information content (AvgIpc) is 2.94. The van der Waals surface area contributed by atoms with Crippen molar-refractivity contribution >= 4 is 32.2 Å². The van der Waals surface area contributed by atoms with E-state index in [0.29, 0.717) is 0 Å². The highest BCUT2D eigenvalue weighted by Gasteiger charge is 2.19. The Morgan fingerprint density at radius 2 is 1.89 bits per heavy atom. The van der Waals surface area contributed by atoms with E-state index in [1.807, 2.05) is 11.3 Å². The van der Waals surface area contributed by atoms with Crippen molar-refractivity contribution in [3.8, 4) is 5.75 Å². The highest BCUT2D eigenvalue weighted by atomic mass is 32.1. The average molecular weight is 268 g/mol. The van der Waals surface area contributed by atoms with Gasteiger partial charge in [-0.05, 0) is 71.2 Å². The minimum Gasteiger partial charge on any atom is -0.496 e. The standard InChI is InChI=1S/C17H16OS/c1-18-15-10-11-6-7-16-14(8-9-19-16)17(11)13-5-3-2-4-12(13)15/h6-10H,2-5H2,1H3. The molecule has 19 heavy (non-hydrogen) atoms. The van der Waals surface area contributed by atoms with E-state index in [2.05, 4.69) is 29.6 Å². The molecule has 0 saturated heterocycles. The molecular weight excluding hydrogens is 252 g/mol. The van der Waals surface area contributed by atoms with Crippen LogP contribution in [0.4, 0.5) is 0 Å². The van der Waals surface area contributed by atoms with Crippen molar-refractivity contribution in [2.45, 2.75) is 25.7 Å². The van der Waals surface area contributed by atoms with Gasteiger partial charge in [0.25, 0.3) is 0 Å². The first-order valence-electron chi connectivity index (χ1n) is 6.87. The molecule has 1 aliphatic carbocycles. The lowest BCUT2D eigenvalue weighted by Crippen LogP contribution is -2.06. The molecule has 0 aliphatic heterocycles. The van der Waals surface area contributed by atoms with Crippen LogP contribution in [0.1, 0.15) is 24.0 Å². The van der Waals surface area contributed by atoms with Crippen LogP contribution in [0.5, 0.6) is 5.75 Å². The molecule has 0 saturated carbocycles. The van der Waals surface area contributed by atoms with E-state index >= 15 is 0 Å². The lowest BCUT2D eigenvalue weighted by atomic mass is 9.86. The van der Waals surface area contributed by atoms with Gasteiger partial charge < -0.3 is 4.74 Å². The largest absolute Gasteiger partial charge is 0.496 e. The summed E-state index contributed by atoms with van der Waals surface area (Å²) in [5, 5.41) is 6.41. The summed E-state index contributed by atoms with van der Waals surface area (Å²) in [5.74, 6) is 1.08. The molecule has 96 valence electrons. The van der Waals surface area contributed by atoms with Crippen LogP contribution in [-0.4, -0.2) is 7.11 Å². The van der Waals surface area contributed by atoms with Gasteiger partial charge in [-0.25, -0.2) is 0 Å². The number of ether oxygens (including phenoxy) is 1. The lowest BCUT2D eigenvalue weighted by Gasteiger charge is -2.21.